The summed E-state index contributed by atoms with van der Waals surface area (Å²) in [6.45, 7) is 0. The summed E-state index contributed by atoms with van der Waals surface area (Å²) in [6.07, 6.45) is 0. The van der Waals surface area contributed by atoms with Gasteiger partial charge in [0, 0.05) is 6.07 Å². The molecule has 0 N–H and O–H groups in total. The van der Waals surface area contributed by atoms with Crippen LogP contribution in [0.2, 0.25) is 5.28 Å². The molecule has 0 aliphatic carbocycles. The fraction of sp³-hybridized carbons (Fsp3) is 0.100. The Balaban J connectivity index is 2.30. The predicted octanol–water partition coefficient (Wildman–Crippen LogP) is 2.96. The molecule has 0 aliphatic heterocycles. The normalized spacial score (nSPS) is 10.4. The van der Waals surface area contributed by atoms with Crippen molar-refractivity contribution in [2.45, 2.75) is 10.1 Å². The van der Waals surface area contributed by atoms with Crippen LogP contribution in [0.25, 0.3) is 0 Å². The van der Waals surface area contributed by atoms with Gasteiger partial charge in [0.25, 0.3) is 0 Å². The van der Waals surface area contributed by atoms with Gasteiger partial charge in [-0.05, 0) is 35.5 Å². The van der Waals surface area contributed by atoms with Gasteiger partial charge in [-0.2, -0.15) is 15.0 Å². The van der Waals surface area contributed by atoms with Crippen molar-refractivity contribution in [3.05, 3.63) is 35.1 Å². The van der Waals surface area contributed by atoms with E-state index >= 15 is 0 Å². The van der Waals surface area contributed by atoms with Gasteiger partial charge in [0.05, 0.1) is 12.0 Å². The minimum atomic E-state index is -0.699. The van der Waals surface area contributed by atoms with E-state index in [1.54, 1.807) is 0 Å². The second-order valence-electron chi connectivity index (χ2n) is 3.05. The van der Waals surface area contributed by atoms with Crippen molar-refractivity contribution < 1.29 is 13.5 Å². The Morgan fingerprint density at radius 3 is 2.67 bits per heavy atom. The smallest absolute Gasteiger partial charge is 0.321 e. The molecule has 1 heterocycles. The zero-order valence-electron chi connectivity index (χ0n) is 9.02. The SMILES string of the molecule is COc1nc(Cl)nc(Sc2ccc(F)cc2F)n1. The van der Waals surface area contributed by atoms with Crippen LogP contribution in [-0.2, 0) is 0 Å². The summed E-state index contributed by atoms with van der Waals surface area (Å²) in [6, 6.07) is 3.24. The number of halogens is 3. The largest absolute Gasteiger partial charge is 0.467 e. The molecule has 1 aromatic heterocycles. The molecule has 2 aromatic rings. The number of ether oxygens (including phenoxy) is 1. The zero-order valence-corrected chi connectivity index (χ0v) is 10.6. The van der Waals surface area contributed by atoms with Crippen LogP contribution in [0.4, 0.5) is 8.78 Å². The van der Waals surface area contributed by atoms with E-state index in [9.17, 15) is 8.78 Å². The van der Waals surface area contributed by atoms with Crippen molar-refractivity contribution in [3.63, 3.8) is 0 Å². The van der Waals surface area contributed by atoms with Crippen LogP contribution in [0.15, 0.2) is 28.3 Å². The van der Waals surface area contributed by atoms with E-state index in [2.05, 4.69) is 15.0 Å². The Kier molecular flexibility index (Phi) is 3.93. The molecule has 0 saturated heterocycles. The number of nitrogens with zero attached hydrogens (tertiary/aromatic N) is 3. The Hall–Kier alpha value is -1.47. The average Bonchev–Trinajstić information content (AvgIpc) is 2.32. The topological polar surface area (TPSA) is 47.9 Å². The summed E-state index contributed by atoms with van der Waals surface area (Å²) in [5.74, 6) is -1.35. The number of benzene rings is 1. The molecule has 1 aromatic carbocycles. The third kappa shape index (κ3) is 3.05. The van der Waals surface area contributed by atoms with E-state index in [0.717, 1.165) is 23.9 Å². The van der Waals surface area contributed by atoms with Crippen molar-refractivity contribution in [1.82, 2.24) is 15.0 Å². The summed E-state index contributed by atoms with van der Waals surface area (Å²) in [5, 5.41) is 0.101. The molecule has 18 heavy (non-hydrogen) atoms. The van der Waals surface area contributed by atoms with Crippen LogP contribution in [0, 0.1) is 11.6 Å². The maximum Gasteiger partial charge on any atom is 0.321 e. The highest BCUT2D eigenvalue weighted by Crippen LogP contribution is 2.28. The summed E-state index contributed by atoms with van der Waals surface area (Å²) in [4.78, 5) is 11.6. The monoisotopic (exact) mass is 289 g/mol. The van der Waals surface area contributed by atoms with Crippen LogP contribution in [0.3, 0.4) is 0 Å². The lowest BCUT2D eigenvalue weighted by Crippen LogP contribution is -1.97. The summed E-state index contributed by atoms with van der Waals surface area (Å²) in [7, 11) is 1.37. The highest BCUT2D eigenvalue weighted by molar-refractivity contribution is 7.99. The van der Waals surface area contributed by atoms with Gasteiger partial charge < -0.3 is 4.74 Å². The molecule has 0 aliphatic rings. The Bertz CT molecular complexity index is 585. The molecule has 0 unspecified atom stereocenters. The number of aromatic nitrogens is 3. The quantitative estimate of drug-likeness (QED) is 0.869. The molecule has 0 spiro atoms. The summed E-state index contributed by atoms with van der Waals surface area (Å²) < 4.78 is 31.0. The molecule has 0 fully saturated rings. The van der Waals surface area contributed by atoms with Crippen LogP contribution in [0.5, 0.6) is 6.01 Å². The second-order valence-corrected chi connectivity index (χ2v) is 4.40. The Morgan fingerprint density at radius 1 is 1.22 bits per heavy atom. The van der Waals surface area contributed by atoms with Gasteiger partial charge >= 0.3 is 6.01 Å². The first-order valence-electron chi connectivity index (χ1n) is 4.67. The minimum absolute atomic E-state index is 0.0278. The predicted molar refractivity (Wildman–Crippen MR) is 61.9 cm³/mol. The van der Waals surface area contributed by atoms with Crippen molar-refractivity contribution in [2.75, 3.05) is 7.11 Å². The number of methoxy groups -OCH3 is 1. The standard InChI is InChI=1S/C10H6ClF2N3OS/c1-17-9-14-8(11)15-10(16-9)18-7-3-2-5(12)4-6(7)13/h2-4H,1H3. The third-order valence-electron chi connectivity index (χ3n) is 1.84. The van der Waals surface area contributed by atoms with Gasteiger partial charge in [0.1, 0.15) is 11.6 Å². The first kappa shape index (κ1) is 13.0. The molecule has 2 rings (SSSR count). The highest BCUT2D eigenvalue weighted by Gasteiger charge is 2.10. The van der Waals surface area contributed by atoms with E-state index in [1.807, 2.05) is 0 Å². The molecule has 0 radical (unpaired) electrons. The van der Waals surface area contributed by atoms with E-state index in [1.165, 1.54) is 13.2 Å². The molecular weight excluding hydrogens is 284 g/mol. The van der Waals surface area contributed by atoms with Crippen molar-refractivity contribution in [1.29, 1.82) is 0 Å². The first-order chi connectivity index (χ1) is 8.58. The molecule has 8 heteroatoms. The molecule has 4 nitrogen and oxygen atoms in total. The Morgan fingerprint density at radius 2 is 2.00 bits per heavy atom. The van der Waals surface area contributed by atoms with E-state index in [0.29, 0.717) is 0 Å². The van der Waals surface area contributed by atoms with Gasteiger partial charge in [-0.25, -0.2) is 8.78 Å². The van der Waals surface area contributed by atoms with Crippen LogP contribution < -0.4 is 4.74 Å². The first-order valence-corrected chi connectivity index (χ1v) is 5.86. The average molecular weight is 290 g/mol. The molecule has 0 amide bonds. The fourth-order valence-electron chi connectivity index (χ4n) is 1.11. The van der Waals surface area contributed by atoms with Gasteiger partial charge in [0.2, 0.25) is 5.28 Å². The fourth-order valence-corrected chi connectivity index (χ4v) is 2.06. The van der Waals surface area contributed by atoms with Crippen molar-refractivity contribution in [2.24, 2.45) is 0 Å². The molecule has 0 saturated carbocycles. The van der Waals surface area contributed by atoms with Crippen LogP contribution in [0.1, 0.15) is 0 Å². The lowest BCUT2D eigenvalue weighted by molar-refractivity contribution is 0.373. The van der Waals surface area contributed by atoms with Gasteiger partial charge in [-0.1, -0.05) is 0 Å². The number of hydrogen-bond donors (Lipinski definition) is 0. The van der Waals surface area contributed by atoms with Gasteiger partial charge in [0.15, 0.2) is 5.16 Å². The minimum Gasteiger partial charge on any atom is -0.467 e. The van der Waals surface area contributed by atoms with E-state index < -0.39 is 11.6 Å². The summed E-state index contributed by atoms with van der Waals surface area (Å²) >= 11 is 6.55. The number of hydrogen-bond acceptors (Lipinski definition) is 5. The van der Waals surface area contributed by atoms with Gasteiger partial charge in [-0.3, -0.25) is 0 Å². The molecule has 0 bridgehead atoms. The van der Waals surface area contributed by atoms with E-state index in [4.69, 9.17) is 16.3 Å². The highest BCUT2D eigenvalue weighted by atomic mass is 35.5. The lowest BCUT2D eigenvalue weighted by atomic mass is 10.3. The van der Waals surface area contributed by atoms with Crippen LogP contribution in [-0.4, -0.2) is 22.1 Å². The molecule has 94 valence electrons. The Labute approximate surface area is 110 Å². The lowest BCUT2D eigenvalue weighted by Gasteiger charge is -2.03. The zero-order chi connectivity index (χ0) is 13.1. The van der Waals surface area contributed by atoms with Crippen LogP contribution >= 0.6 is 23.4 Å². The third-order valence-corrected chi connectivity index (χ3v) is 2.93. The summed E-state index contributed by atoms with van der Waals surface area (Å²) in [5.41, 5.74) is 0. The maximum absolute atomic E-state index is 13.4. The molecular formula is C10H6ClF2N3OS. The second kappa shape index (κ2) is 5.45. The number of rotatable bonds is 3. The maximum atomic E-state index is 13.4. The van der Waals surface area contributed by atoms with Gasteiger partial charge in [-0.15, -0.1) is 0 Å². The van der Waals surface area contributed by atoms with Crippen molar-refractivity contribution >= 4 is 23.4 Å². The van der Waals surface area contributed by atoms with E-state index in [-0.39, 0.29) is 21.3 Å². The molecule has 0 atom stereocenters. The van der Waals surface area contributed by atoms with Crippen molar-refractivity contribution in [3.8, 4) is 6.01 Å².